The molecule has 0 saturated heterocycles. The van der Waals surface area contributed by atoms with Gasteiger partial charge in [-0.2, -0.15) is 5.10 Å². The molecule has 0 aliphatic rings. The Morgan fingerprint density at radius 2 is 1.54 bits per heavy atom. The van der Waals surface area contributed by atoms with E-state index in [1.165, 1.54) is 4.68 Å². The number of carbonyl (C=O) groups is 4. The Kier molecular flexibility index (Phi) is 8.47. The third kappa shape index (κ3) is 7.16. The first-order valence-corrected chi connectivity index (χ1v) is 12.2. The number of amides is 3. The van der Waals surface area contributed by atoms with Gasteiger partial charge >= 0.3 is 6.09 Å². The predicted molar refractivity (Wildman–Crippen MR) is 143 cm³/mol. The summed E-state index contributed by atoms with van der Waals surface area (Å²) >= 11 is 0. The number of carbonyl (C=O) groups excluding carboxylic acids is 4. The average molecular weight is 526 g/mol. The van der Waals surface area contributed by atoms with Crippen LogP contribution in [0, 0.1) is 6.92 Å². The van der Waals surface area contributed by atoms with Crippen molar-refractivity contribution in [2.24, 2.45) is 5.73 Å². The van der Waals surface area contributed by atoms with Gasteiger partial charge in [0.15, 0.2) is 0 Å². The van der Waals surface area contributed by atoms with E-state index >= 15 is 0 Å². The van der Waals surface area contributed by atoms with Crippen LogP contribution in [-0.2, 0) is 22.6 Å². The maximum Gasteiger partial charge on any atom is 0.412 e. The van der Waals surface area contributed by atoms with E-state index in [1.54, 1.807) is 85.8 Å². The van der Waals surface area contributed by atoms with Gasteiger partial charge in [-0.05, 0) is 48.4 Å². The number of rotatable bonds is 10. The number of Topliss-reactive ketones (excluding diaryl/α,β-unsaturated/α-hetero) is 1. The first kappa shape index (κ1) is 26.8. The highest BCUT2D eigenvalue weighted by Crippen LogP contribution is 2.15. The topological polar surface area (TPSA) is 145 Å². The molecule has 4 N–H and O–H groups in total. The summed E-state index contributed by atoms with van der Waals surface area (Å²) < 4.78 is 6.66. The molecule has 0 radical (unpaired) electrons. The second kappa shape index (κ2) is 12.3. The van der Waals surface area contributed by atoms with E-state index < -0.39 is 29.7 Å². The lowest BCUT2D eigenvalue weighted by molar-refractivity contribution is -0.137. The molecule has 10 heteroatoms. The molecule has 1 aromatic heterocycles. The molecule has 3 aromatic carbocycles. The molecule has 198 valence electrons. The predicted octanol–water partition coefficient (Wildman–Crippen LogP) is 2.86. The van der Waals surface area contributed by atoms with Gasteiger partial charge in [0.1, 0.15) is 17.5 Å². The number of hydrogen-bond acceptors (Lipinski definition) is 6. The smallest absolute Gasteiger partial charge is 0.410 e. The number of nitrogens with zero attached hydrogens (tertiary/aromatic N) is 2. The first-order valence-electron chi connectivity index (χ1n) is 12.2. The zero-order chi connectivity index (χ0) is 27.8. The second-order valence-corrected chi connectivity index (χ2v) is 8.75. The third-order valence-electron chi connectivity index (χ3n) is 5.78. The fourth-order valence-electron chi connectivity index (χ4n) is 3.88. The standard InChI is InChI=1S/C29H27N5O5/c1-19-16-25(28(37)32-24(26(35)27(30)36)17-20-8-4-2-5-9-20)34(33-19)22-14-12-21(13-15-22)18-31-29(38)39-23-10-6-3-7-11-23/h2-16,24H,17-18H2,1H3,(H2,30,36)(H,31,38)(H,32,37). The van der Waals surface area contributed by atoms with Crippen LogP contribution in [-0.4, -0.2) is 39.5 Å². The molecular weight excluding hydrogens is 498 g/mol. The van der Waals surface area contributed by atoms with Gasteiger partial charge in [0.2, 0.25) is 5.78 Å². The van der Waals surface area contributed by atoms with E-state index in [0.29, 0.717) is 17.1 Å². The summed E-state index contributed by atoms with van der Waals surface area (Å²) in [7, 11) is 0. The zero-order valence-electron chi connectivity index (χ0n) is 21.2. The lowest BCUT2D eigenvalue weighted by Crippen LogP contribution is -2.47. The quantitative estimate of drug-likeness (QED) is 0.272. The van der Waals surface area contributed by atoms with Crippen LogP contribution >= 0.6 is 0 Å². The number of aryl methyl sites for hydroxylation is 1. The largest absolute Gasteiger partial charge is 0.412 e. The summed E-state index contributed by atoms with van der Waals surface area (Å²) in [5.74, 6) is -2.16. The number of ether oxygens (including phenoxy) is 1. The summed E-state index contributed by atoms with van der Waals surface area (Å²) in [5, 5.41) is 9.74. The molecule has 0 bridgehead atoms. The fraction of sp³-hybridized carbons (Fsp3) is 0.138. The van der Waals surface area contributed by atoms with Crippen molar-refractivity contribution in [2.45, 2.75) is 25.9 Å². The van der Waals surface area contributed by atoms with Crippen molar-refractivity contribution in [3.63, 3.8) is 0 Å². The van der Waals surface area contributed by atoms with Crippen molar-refractivity contribution in [1.82, 2.24) is 20.4 Å². The van der Waals surface area contributed by atoms with E-state index in [0.717, 1.165) is 11.1 Å². The van der Waals surface area contributed by atoms with Crippen LogP contribution in [0.1, 0.15) is 27.3 Å². The molecule has 0 spiro atoms. The lowest BCUT2D eigenvalue weighted by Gasteiger charge is -2.17. The SMILES string of the molecule is Cc1cc(C(=O)NC(Cc2ccccc2)C(=O)C(N)=O)n(-c2ccc(CNC(=O)Oc3ccccc3)cc2)n1. The van der Waals surface area contributed by atoms with Crippen molar-refractivity contribution in [3.05, 3.63) is 114 Å². The van der Waals surface area contributed by atoms with E-state index in [2.05, 4.69) is 15.7 Å². The highest BCUT2D eigenvalue weighted by molar-refractivity contribution is 6.38. The molecule has 4 rings (SSSR count). The number of benzene rings is 3. The molecule has 0 aliphatic carbocycles. The number of hydrogen-bond donors (Lipinski definition) is 3. The first-order chi connectivity index (χ1) is 18.8. The van der Waals surface area contributed by atoms with Gasteiger partial charge < -0.3 is 21.1 Å². The van der Waals surface area contributed by atoms with Crippen molar-refractivity contribution >= 4 is 23.7 Å². The Labute approximate surface area is 224 Å². The summed E-state index contributed by atoms with van der Waals surface area (Å²) in [6.45, 7) is 1.97. The molecule has 3 amide bonds. The third-order valence-corrected chi connectivity index (χ3v) is 5.78. The number of primary amides is 1. The number of nitrogens with two attached hydrogens (primary N) is 1. The van der Waals surface area contributed by atoms with Crippen LogP contribution in [0.5, 0.6) is 5.75 Å². The Balaban J connectivity index is 1.45. The minimum atomic E-state index is -1.13. The second-order valence-electron chi connectivity index (χ2n) is 8.75. The number of ketones is 1. The Morgan fingerprint density at radius 3 is 2.18 bits per heavy atom. The fourth-order valence-corrected chi connectivity index (χ4v) is 3.88. The van der Waals surface area contributed by atoms with Crippen molar-refractivity contribution in [1.29, 1.82) is 0 Å². The molecule has 4 aromatic rings. The number of para-hydroxylation sites is 1. The van der Waals surface area contributed by atoms with E-state index in [9.17, 15) is 19.2 Å². The van der Waals surface area contributed by atoms with Crippen LogP contribution < -0.4 is 21.1 Å². The van der Waals surface area contributed by atoms with Crippen LogP contribution in [0.4, 0.5) is 4.79 Å². The van der Waals surface area contributed by atoms with Crippen LogP contribution in [0.25, 0.3) is 5.69 Å². The van der Waals surface area contributed by atoms with Crippen molar-refractivity contribution in [3.8, 4) is 11.4 Å². The summed E-state index contributed by atoms with van der Waals surface area (Å²) in [6.07, 6.45) is -0.474. The van der Waals surface area contributed by atoms with Gasteiger partial charge in [0, 0.05) is 13.0 Å². The van der Waals surface area contributed by atoms with Gasteiger partial charge in [-0.15, -0.1) is 0 Å². The van der Waals surface area contributed by atoms with Gasteiger partial charge in [-0.25, -0.2) is 9.48 Å². The van der Waals surface area contributed by atoms with Crippen molar-refractivity contribution < 1.29 is 23.9 Å². The Bertz CT molecular complexity index is 1470. The highest BCUT2D eigenvalue weighted by Gasteiger charge is 2.27. The van der Waals surface area contributed by atoms with Crippen LogP contribution in [0.2, 0.25) is 0 Å². The molecule has 10 nitrogen and oxygen atoms in total. The Morgan fingerprint density at radius 1 is 0.897 bits per heavy atom. The molecule has 1 atom stereocenters. The van der Waals surface area contributed by atoms with Gasteiger partial charge in [-0.3, -0.25) is 14.4 Å². The number of aromatic nitrogens is 2. The minimum Gasteiger partial charge on any atom is -0.410 e. The van der Waals surface area contributed by atoms with Gasteiger partial charge in [-0.1, -0.05) is 60.7 Å². The summed E-state index contributed by atoms with van der Waals surface area (Å²) in [6, 6.07) is 25.2. The molecule has 0 saturated carbocycles. The van der Waals surface area contributed by atoms with Crippen molar-refractivity contribution in [2.75, 3.05) is 0 Å². The zero-order valence-corrected chi connectivity index (χ0v) is 21.2. The molecular formula is C29H27N5O5. The molecule has 0 aliphatic heterocycles. The monoisotopic (exact) mass is 525 g/mol. The maximum atomic E-state index is 13.2. The molecule has 1 unspecified atom stereocenters. The van der Waals surface area contributed by atoms with E-state index in [4.69, 9.17) is 10.5 Å². The lowest BCUT2D eigenvalue weighted by atomic mass is 10.0. The van der Waals surface area contributed by atoms with E-state index in [1.807, 2.05) is 12.1 Å². The maximum absolute atomic E-state index is 13.2. The minimum absolute atomic E-state index is 0.107. The van der Waals surface area contributed by atoms with Gasteiger partial charge in [0.25, 0.3) is 11.8 Å². The normalized spacial score (nSPS) is 11.3. The summed E-state index contributed by atoms with van der Waals surface area (Å²) in [4.78, 5) is 49.4. The molecule has 1 heterocycles. The Hall–Kier alpha value is -5.25. The average Bonchev–Trinajstić information content (AvgIpc) is 3.34. The highest BCUT2D eigenvalue weighted by atomic mass is 16.6. The van der Waals surface area contributed by atoms with Gasteiger partial charge in [0.05, 0.1) is 11.4 Å². The van der Waals surface area contributed by atoms with Crippen LogP contribution in [0.15, 0.2) is 91.0 Å². The molecule has 0 fully saturated rings. The molecule has 39 heavy (non-hydrogen) atoms. The van der Waals surface area contributed by atoms with Crippen LogP contribution in [0.3, 0.4) is 0 Å². The summed E-state index contributed by atoms with van der Waals surface area (Å²) in [5.41, 5.74) is 8.14. The van der Waals surface area contributed by atoms with E-state index in [-0.39, 0.29) is 18.7 Å². The number of nitrogens with one attached hydrogen (secondary N) is 2.